The number of hydrogen-bond acceptors (Lipinski definition) is 4. The first-order valence-electron chi connectivity index (χ1n) is 11.4. The highest BCUT2D eigenvalue weighted by atomic mass is 28.4. The van der Waals surface area contributed by atoms with E-state index in [1.807, 2.05) is 14.2 Å². The molecule has 4 nitrogen and oxygen atoms in total. The first-order valence-corrected chi connectivity index (χ1v) is 15.1. The highest BCUT2D eigenvalue weighted by molar-refractivity contribution is 6.95. The second kappa shape index (κ2) is 9.91. The summed E-state index contributed by atoms with van der Waals surface area (Å²) in [6.45, 7) is 14.8. The Morgan fingerprint density at radius 1 is 0.719 bits per heavy atom. The molecule has 1 unspecified atom stereocenters. The van der Waals surface area contributed by atoms with Crippen molar-refractivity contribution in [2.24, 2.45) is 0 Å². The van der Waals surface area contributed by atoms with E-state index in [-0.39, 0.29) is 10.1 Å². The fraction of sp³-hybridized carbons (Fsp3) is 0.538. The van der Waals surface area contributed by atoms with Crippen molar-refractivity contribution in [3.63, 3.8) is 0 Å². The van der Waals surface area contributed by atoms with Crippen LogP contribution in [0.25, 0.3) is 0 Å². The minimum absolute atomic E-state index is 0.0606. The third-order valence-corrected chi connectivity index (χ3v) is 16.6. The van der Waals surface area contributed by atoms with E-state index in [9.17, 15) is 0 Å². The Hall–Kier alpha value is -1.29. The lowest BCUT2D eigenvalue weighted by Gasteiger charge is -2.54. The zero-order valence-corrected chi connectivity index (χ0v) is 24.1. The van der Waals surface area contributed by atoms with E-state index >= 15 is 0 Å². The van der Waals surface area contributed by atoms with Crippen molar-refractivity contribution in [3.8, 4) is 0 Å². The summed E-state index contributed by atoms with van der Waals surface area (Å²) in [7, 11) is 5.42. The van der Waals surface area contributed by atoms with Gasteiger partial charge in [0, 0.05) is 20.8 Å². The van der Waals surface area contributed by atoms with E-state index in [4.69, 9.17) is 8.85 Å². The Balaban J connectivity index is 2.55. The lowest BCUT2D eigenvalue weighted by molar-refractivity contribution is 0.242. The van der Waals surface area contributed by atoms with Gasteiger partial charge in [-0.05, 0) is 47.2 Å². The molecule has 0 amide bonds. The SMILES string of the molecule is CO[Si](c1ccccc1)(c1cccc(CN(C)[Si](OC)(C(C)(C)C)C(C)(C)C)c1)N(C)C. The number of nitrogens with zero attached hydrogens (tertiary/aromatic N) is 2. The molecule has 0 fully saturated rings. The van der Waals surface area contributed by atoms with Crippen molar-refractivity contribution in [3.05, 3.63) is 60.2 Å². The molecule has 0 radical (unpaired) electrons. The van der Waals surface area contributed by atoms with Gasteiger partial charge in [-0.15, -0.1) is 0 Å². The molecule has 2 rings (SSSR count). The largest absolute Gasteiger partial charge is 0.405 e. The van der Waals surface area contributed by atoms with E-state index in [1.165, 1.54) is 15.9 Å². The van der Waals surface area contributed by atoms with Crippen LogP contribution < -0.4 is 10.4 Å². The number of rotatable bonds is 8. The van der Waals surface area contributed by atoms with Gasteiger partial charge in [0.2, 0.25) is 0 Å². The summed E-state index contributed by atoms with van der Waals surface area (Å²) in [5, 5.41) is 2.64. The van der Waals surface area contributed by atoms with Gasteiger partial charge in [-0.3, -0.25) is 0 Å². The van der Waals surface area contributed by atoms with Gasteiger partial charge in [-0.1, -0.05) is 96.1 Å². The molecular formula is C26H44N2O2Si2. The van der Waals surface area contributed by atoms with Crippen LogP contribution in [-0.4, -0.2) is 61.5 Å². The molecule has 0 heterocycles. The smallest absolute Gasteiger partial charge is 0.338 e. The number of benzene rings is 2. The summed E-state index contributed by atoms with van der Waals surface area (Å²) in [6.07, 6.45) is 0. The molecule has 1 atom stereocenters. The highest BCUT2D eigenvalue weighted by Gasteiger charge is 2.58. The Kier molecular flexibility index (Phi) is 8.35. The third kappa shape index (κ3) is 4.67. The van der Waals surface area contributed by atoms with Crippen LogP contribution in [0, 0.1) is 0 Å². The van der Waals surface area contributed by atoms with E-state index in [0.29, 0.717) is 0 Å². The predicted octanol–water partition coefficient (Wildman–Crippen LogP) is 4.57. The summed E-state index contributed by atoms with van der Waals surface area (Å²) in [4.78, 5) is 0. The van der Waals surface area contributed by atoms with Crippen LogP contribution in [0.1, 0.15) is 47.1 Å². The standard InChI is InChI=1S/C26H44N2O2Si2/c1-25(2,3)32(30-11,26(4,5)6)28(9)21-22-16-15-19-24(20-22)31(29-10,27(7)8)23-17-13-12-14-18-23/h12-20H,21H2,1-11H3. The van der Waals surface area contributed by atoms with Crippen LogP contribution >= 0.6 is 0 Å². The molecule has 6 heteroatoms. The van der Waals surface area contributed by atoms with Gasteiger partial charge in [-0.2, -0.15) is 0 Å². The summed E-state index contributed by atoms with van der Waals surface area (Å²) in [5.41, 5.74) is 1.29. The molecule has 0 N–H and O–H groups in total. The fourth-order valence-electron chi connectivity index (χ4n) is 6.07. The van der Waals surface area contributed by atoms with E-state index in [0.717, 1.165) is 6.54 Å². The van der Waals surface area contributed by atoms with Crippen molar-refractivity contribution < 1.29 is 8.85 Å². The summed E-state index contributed by atoms with van der Waals surface area (Å²) < 4.78 is 17.6. The molecule has 178 valence electrons. The lowest BCUT2D eigenvalue weighted by Crippen LogP contribution is -2.69. The maximum absolute atomic E-state index is 6.47. The van der Waals surface area contributed by atoms with Gasteiger partial charge in [0.15, 0.2) is 0 Å². The second-order valence-electron chi connectivity index (χ2n) is 11.0. The zero-order chi connectivity index (χ0) is 24.4. The average molecular weight is 473 g/mol. The second-order valence-corrected chi connectivity index (χ2v) is 20.2. The minimum Gasteiger partial charge on any atom is -0.405 e. The van der Waals surface area contributed by atoms with Gasteiger partial charge in [0.25, 0.3) is 8.48 Å². The highest BCUT2D eigenvalue weighted by Crippen LogP contribution is 2.52. The normalized spacial score (nSPS) is 15.3. The first-order chi connectivity index (χ1) is 14.8. The van der Waals surface area contributed by atoms with Crippen LogP contribution in [0.15, 0.2) is 54.6 Å². The Morgan fingerprint density at radius 2 is 1.25 bits per heavy atom. The molecule has 0 saturated heterocycles. The molecule has 0 aliphatic carbocycles. The monoisotopic (exact) mass is 472 g/mol. The van der Waals surface area contributed by atoms with Crippen LogP contribution in [0.3, 0.4) is 0 Å². The van der Waals surface area contributed by atoms with Crippen molar-refractivity contribution >= 4 is 27.3 Å². The lowest BCUT2D eigenvalue weighted by atomic mass is 10.2. The molecule has 0 aromatic heterocycles. The molecule has 2 aromatic carbocycles. The maximum atomic E-state index is 6.47. The van der Waals surface area contributed by atoms with E-state index in [1.54, 1.807) is 0 Å². The topological polar surface area (TPSA) is 24.9 Å². The van der Waals surface area contributed by atoms with Crippen LogP contribution in [0.5, 0.6) is 0 Å². The van der Waals surface area contributed by atoms with Crippen LogP contribution in [0.4, 0.5) is 0 Å². The minimum atomic E-state index is -2.51. The van der Waals surface area contributed by atoms with E-state index < -0.39 is 17.0 Å². The summed E-state index contributed by atoms with van der Waals surface area (Å²) in [6, 6.07) is 19.6. The average Bonchev–Trinajstić information content (AvgIpc) is 2.68. The quantitative estimate of drug-likeness (QED) is 0.525. The Bertz CT molecular complexity index is 861. The molecular weight excluding hydrogens is 428 g/mol. The predicted molar refractivity (Wildman–Crippen MR) is 142 cm³/mol. The van der Waals surface area contributed by atoms with Gasteiger partial charge in [-0.25, -0.2) is 0 Å². The van der Waals surface area contributed by atoms with Gasteiger partial charge >= 0.3 is 8.48 Å². The van der Waals surface area contributed by atoms with Crippen molar-refractivity contribution in [2.45, 2.75) is 58.2 Å². The fourth-order valence-corrected chi connectivity index (χ4v) is 16.1. The summed E-state index contributed by atoms with van der Waals surface area (Å²) in [5.74, 6) is 0. The molecule has 0 aliphatic rings. The van der Waals surface area contributed by atoms with Gasteiger partial charge in [0.1, 0.15) is 0 Å². The zero-order valence-electron chi connectivity index (χ0n) is 22.1. The molecule has 32 heavy (non-hydrogen) atoms. The van der Waals surface area contributed by atoms with Crippen LogP contribution in [0.2, 0.25) is 10.1 Å². The van der Waals surface area contributed by atoms with Crippen molar-refractivity contribution in [1.82, 2.24) is 9.13 Å². The summed E-state index contributed by atoms with van der Waals surface area (Å²) >= 11 is 0. The number of hydrogen-bond donors (Lipinski definition) is 0. The first kappa shape index (κ1) is 27.0. The van der Waals surface area contributed by atoms with Crippen molar-refractivity contribution in [1.29, 1.82) is 0 Å². The molecule has 0 spiro atoms. The molecule has 2 aromatic rings. The van der Waals surface area contributed by atoms with Gasteiger partial charge < -0.3 is 18.0 Å². The van der Waals surface area contributed by atoms with Gasteiger partial charge in [0.05, 0.1) is 0 Å². The third-order valence-electron chi connectivity index (χ3n) is 6.69. The van der Waals surface area contributed by atoms with E-state index in [2.05, 4.69) is 126 Å². The van der Waals surface area contributed by atoms with Crippen LogP contribution in [-0.2, 0) is 15.4 Å². The maximum Gasteiger partial charge on any atom is 0.338 e. The Labute approximate surface area is 199 Å². The molecule has 0 aliphatic heterocycles. The molecule has 0 bridgehead atoms. The molecule has 0 saturated carbocycles. The van der Waals surface area contributed by atoms with Crippen molar-refractivity contribution in [2.75, 3.05) is 35.4 Å². The Morgan fingerprint density at radius 3 is 1.69 bits per heavy atom.